The van der Waals surface area contributed by atoms with Crippen molar-refractivity contribution in [2.75, 3.05) is 0 Å². The topological polar surface area (TPSA) is 9.23 Å². The van der Waals surface area contributed by atoms with Gasteiger partial charge in [-0.05, 0) is 56.1 Å². The quantitative estimate of drug-likeness (QED) is 0.208. The number of fused-ring (bicyclic) bond motifs is 12. The van der Waals surface area contributed by atoms with E-state index in [0.717, 1.165) is 17.1 Å². The van der Waals surface area contributed by atoms with Crippen LogP contribution >= 0.6 is 0 Å². The highest BCUT2D eigenvalue weighted by atomic mass is 16.5. The van der Waals surface area contributed by atoms with Crippen LogP contribution in [0.25, 0.3) is 33.4 Å². The predicted molar refractivity (Wildman–Crippen MR) is 167 cm³/mol. The molecular weight excluding hydrogens is 496 g/mol. The van der Waals surface area contributed by atoms with Gasteiger partial charge in [0.25, 0.3) is 0 Å². The Labute approximate surface area is 240 Å². The fourth-order valence-electron chi connectivity index (χ4n) is 8.06. The number of para-hydroxylation sites is 2. The standard InChI is InChI=1S/C40H28O/c1-39(2)34-22-9-10-24-36(34)41-38-30(18-12-23-35(38)39)29-17-11-16-28-27-15-5-8-21-33(27)40(37(28)29)31-19-6-3-13-25(31)26-14-4-7-20-32(26)40/h3-24H,1-2H3. The van der Waals surface area contributed by atoms with E-state index < -0.39 is 5.41 Å². The maximum atomic E-state index is 6.83. The molecule has 1 heterocycles. The number of benzene rings is 6. The summed E-state index contributed by atoms with van der Waals surface area (Å²) in [5, 5.41) is 0. The van der Waals surface area contributed by atoms with Crippen LogP contribution in [0.3, 0.4) is 0 Å². The van der Waals surface area contributed by atoms with E-state index in [9.17, 15) is 0 Å². The number of ether oxygens (including phenoxy) is 1. The third-order valence-electron chi connectivity index (χ3n) is 9.76. The molecule has 2 aliphatic carbocycles. The molecule has 9 rings (SSSR count). The van der Waals surface area contributed by atoms with Gasteiger partial charge < -0.3 is 4.74 Å². The van der Waals surface area contributed by atoms with Crippen molar-refractivity contribution in [2.45, 2.75) is 24.7 Å². The molecule has 0 unspecified atom stereocenters. The Morgan fingerprint density at radius 1 is 0.390 bits per heavy atom. The normalized spacial score (nSPS) is 15.7. The van der Waals surface area contributed by atoms with Gasteiger partial charge in [-0.25, -0.2) is 0 Å². The SMILES string of the molecule is CC1(C)c2ccccc2Oc2c(-c3cccc4c3C3(c5ccccc5-c5ccccc53)c3ccccc3-4)cccc21. The maximum Gasteiger partial charge on any atom is 0.139 e. The highest BCUT2D eigenvalue weighted by Gasteiger charge is 2.53. The first-order valence-corrected chi connectivity index (χ1v) is 14.5. The fraction of sp³-hybridized carbons (Fsp3) is 0.100. The van der Waals surface area contributed by atoms with Crippen molar-refractivity contribution in [1.82, 2.24) is 0 Å². The molecule has 0 atom stereocenters. The summed E-state index contributed by atoms with van der Waals surface area (Å²) in [7, 11) is 0. The van der Waals surface area contributed by atoms with E-state index in [1.54, 1.807) is 0 Å². The Bertz CT molecular complexity index is 2000. The minimum Gasteiger partial charge on any atom is -0.456 e. The molecule has 0 N–H and O–H groups in total. The molecule has 0 fully saturated rings. The second-order valence-electron chi connectivity index (χ2n) is 12.0. The van der Waals surface area contributed by atoms with Crippen molar-refractivity contribution < 1.29 is 4.74 Å². The van der Waals surface area contributed by atoms with Crippen LogP contribution in [0.5, 0.6) is 11.5 Å². The first kappa shape index (κ1) is 22.9. The minimum absolute atomic E-state index is 0.175. The second kappa shape index (κ2) is 7.86. The van der Waals surface area contributed by atoms with Crippen LogP contribution in [-0.2, 0) is 10.8 Å². The highest BCUT2D eigenvalue weighted by molar-refractivity contribution is 5.99. The van der Waals surface area contributed by atoms with Gasteiger partial charge in [0.15, 0.2) is 0 Å². The molecule has 1 aliphatic heterocycles. The predicted octanol–water partition coefficient (Wildman–Crippen LogP) is 10.1. The van der Waals surface area contributed by atoms with Crippen LogP contribution in [-0.4, -0.2) is 0 Å². The van der Waals surface area contributed by atoms with Crippen molar-refractivity contribution in [1.29, 1.82) is 0 Å². The molecule has 0 aromatic heterocycles. The highest BCUT2D eigenvalue weighted by Crippen LogP contribution is 2.65. The van der Waals surface area contributed by atoms with Gasteiger partial charge in [-0.1, -0.05) is 141 Å². The zero-order valence-electron chi connectivity index (χ0n) is 23.1. The van der Waals surface area contributed by atoms with Crippen molar-refractivity contribution in [2.24, 2.45) is 0 Å². The molecule has 0 saturated heterocycles. The third-order valence-corrected chi connectivity index (χ3v) is 9.76. The molecule has 1 heteroatoms. The Hall–Kier alpha value is -4.88. The molecule has 0 radical (unpaired) electrons. The van der Waals surface area contributed by atoms with Gasteiger partial charge in [-0.3, -0.25) is 0 Å². The second-order valence-corrected chi connectivity index (χ2v) is 12.0. The van der Waals surface area contributed by atoms with E-state index in [4.69, 9.17) is 4.74 Å². The van der Waals surface area contributed by atoms with Gasteiger partial charge >= 0.3 is 0 Å². The average molecular weight is 525 g/mol. The molecule has 0 bridgehead atoms. The van der Waals surface area contributed by atoms with Gasteiger partial charge in [0.2, 0.25) is 0 Å². The summed E-state index contributed by atoms with van der Waals surface area (Å²) in [5.41, 5.74) is 14.9. The zero-order chi connectivity index (χ0) is 27.3. The van der Waals surface area contributed by atoms with E-state index in [1.807, 2.05) is 0 Å². The average Bonchev–Trinajstić information content (AvgIpc) is 3.49. The number of hydrogen-bond donors (Lipinski definition) is 0. The molecule has 0 saturated carbocycles. The molecule has 41 heavy (non-hydrogen) atoms. The summed E-state index contributed by atoms with van der Waals surface area (Å²) >= 11 is 0. The summed E-state index contributed by atoms with van der Waals surface area (Å²) in [6.07, 6.45) is 0. The van der Waals surface area contributed by atoms with Crippen LogP contribution in [0.4, 0.5) is 0 Å². The summed E-state index contributed by atoms with van der Waals surface area (Å²) in [4.78, 5) is 0. The molecule has 194 valence electrons. The molecule has 1 nitrogen and oxygen atoms in total. The summed E-state index contributed by atoms with van der Waals surface area (Å²) in [6, 6.07) is 49.0. The Balaban J connectivity index is 1.41. The van der Waals surface area contributed by atoms with E-state index in [1.165, 1.54) is 61.2 Å². The lowest BCUT2D eigenvalue weighted by molar-refractivity contribution is 0.419. The number of rotatable bonds is 1. The van der Waals surface area contributed by atoms with Crippen molar-refractivity contribution in [3.8, 4) is 44.9 Å². The molecule has 3 aliphatic rings. The van der Waals surface area contributed by atoms with Crippen LogP contribution in [0.1, 0.15) is 47.2 Å². The summed E-state index contributed by atoms with van der Waals surface area (Å²) in [6.45, 7) is 4.63. The van der Waals surface area contributed by atoms with Crippen LogP contribution in [0.15, 0.2) is 133 Å². The molecule has 1 spiro atoms. The van der Waals surface area contributed by atoms with Gasteiger partial charge in [-0.15, -0.1) is 0 Å². The van der Waals surface area contributed by atoms with E-state index >= 15 is 0 Å². The van der Waals surface area contributed by atoms with E-state index in [2.05, 4.69) is 147 Å². The lowest BCUT2D eigenvalue weighted by Gasteiger charge is -2.36. The lowest BCUT2D eigenvalue weighted by Crippen LogP contribution is -2.27. The Kier molecular flexibility index (Phi) is 4.39. The van der Waals surface area contributed by atoms with Gasteiger partial charge in [0.1, 0.15) is 11.5 Å². The molecular formula is C40H28O. The molecule has 6 aromatic carbocycles. The van der Waals surface area contributed by atoms with Crippen molar-refractivity contribution in [3.05, 3.63) is 167 Å². The largest absolute Gasteiger partial charge is 0.456 e. The van der Waals surface area contributed by atoms with Gasteiger partial charge in [-0.2, -0.15) is 0 Å². The Morgan fingerprint density at radius 3 is 1.44 bits per heavy atom. The van der Waals surface area contributed by atoms with Crippen LogP contribution in [0.2, 0.25) is 0 Å². The summed E-state index contributed by atoms with van der Waals surface area (Å²) < 4.78 is 6.83. The summed E-state index contributed by atoms with van der Waals surface area (Å²) in [5.74, 6) is 1.91. The van der Waals surface area contributed by atoms with Crippen LogP contribution < -0.4 is 4.74 Å². The zero-order valence-corrected chi connectivity index (χ0v) is 23.1. The van der Waals surface area contributed by atoms with Crippen LogP contribution in [0, 0.1) is 0 Å². The Morgan fingerprint density at radius 2 is 0.805 bits per heavy atom. The first-order chi connectivity index (χ1) is 20.1. The number of hydrogen-bond acceptors (Lipinski definition) is 1. The van der Waals surface area contributed by atoms with Crippen molar-refractivity contribution >= 4 is 0 Å². The smallest absolute Gasteiger partial charge is 0.139 e. The molecule has 6 aromatic rings. The third kappa shape index (κ3) is 2.71. The minimum atomic E-state index is -0.402. The van der Waals surface area contributed by atoms with Gasteiger partial charge in [0.05, 0.1) is 5.41 Å². The van der Waals surface area contributed by atoms with E-state index in [-0.39, 0.29) is 5.41 Å². The fourth-order valence-corrected chi connectivity index (χ4v) is 8.06. The van der Waals surface area contributed by atoms with Gasteiger partial charge in [0, 0.05) is 22.1 Å². The maximum absolute atomic E-state index is 6.83. The first-order valence-electron chi connectivity index (χ1n) is 14.5. The van der Waals surface area contributed by atoms with Crippen molar-refractivity contribution in [3.63, 3.8) is 0 Å². The van der Waals surface area contributed by atoms with E-state index in [0.29, 0.717) is 0 Å². The monoisotopic (exact) mass is 524 g/mol. The molecule has 0 amide bonds. The lowest BCUT2D eigenvalue weighted by atomic mass is 9.68.